The highest BCUT2D eigenvalue weighted by Gasteiger charge is 2.46. The quantitative estimate of drug-likeness (QED) is 0.642. The van der Waals surface area contributed by atoms with E-state index >= 15 is 0 Å². The maximum Gasteiger partial charge on any atom is 0.0507 e. The maximum atomic E-state index is 5.07. The average molecular weight is 248 g/mol. The van der Waals surface area contributed by atoms with Crippen LogP contribution in [-0.4, -0.2) is 36.3 Å². The van der Waals surface area contributed by atoms with E-state index in [1.165, 1.54) is 32.2 Å². The van der Waals surface area contributed by atoms with Crippen LogP contribution in [0.5, 0.6) is 0 Å². The Hall–Kier alpha value is -0.370. The molecule has 2 aliphatic heterocycles. The van der Waals surface area contributed by atoms with Crippen LogP contribution in [0.3, 0.4) is 0 Å². The van der Waals surface area contributed by atoms with Gasteiger partial charge in [-0.05, 0) is 63.3 Å². The summed E-state index contributed by atoms with van der Waals surface area (Å²) in [7, 11) is 2.32. The van der Waals surface area contributed by atoms with Crippen LogP contribution in [0.1, 0.15) is 46.5 Å². The van der Waals surface area contributed by atoms with E-state index < -0.39 is 0 Å². The second-order valence-corrected chi connectivity index (χ2v) is 7.14. The van der Waals surface area contributed by atoms with Crippen LogP contribution in [0.25, 0.3) is 0 Å². The highest BCUT2D eigenvalue weighted by Crippen LogP contribution is 2.43. The first kappa shape index (κ1) is 12.7. The average Bonchev–Trinajstić information content (AvgIpc) is 2.34. The Labute approximate surface area is 112 Å². The summed E-state index contributed by atoms with van der Waals surface area (Å²) in [5, 5.41) is 0. The van der Waals surface area contributed by atoms with Crippen LogP contribution in [0.15, 0.2) is 4.99 Å². The van der Waals surface area contributed by atoms with Crippen LogP contribution in [0, 0.1) is 23.7 Å². The Kier molecular flexibility index (Phi) is 3.25. The molecule has 2 heterocycles. The molecule has 6 unspecified atom stereocenters. The Morgan fingerprint density at radius 3 is 2.56 bits per heavy atom. The lowest BCUT2D eigenvalue weighted by Gasteiger charge is -2.52. The van der Waals surface area contributed by atoms with Gasteiger partial charge in [-0.25, -0.2) is 0 Å². The third-order valence-electron chi connectivity index (χ3n) is 5.90. The minimum Gasteiger partial charge on any atom is -0.298 e. The third kappa shape index (κ3) is 1.93. The normalized spacial score (nSPS) is 49.2. The number of hydrogen-bond donors (Lipinski definition) is 0. The molecule has 0 radical (unpaired) electrons. The van der Waals surface area contributed by atoms with Crippen molar-refractivity contribution in [1.82, 2.24) is 4.90 Å². The number of likely N-dealkylation sites (tertiary alicyclic amines) is 1. The molecule has 1 saturated carbocycles. The smallest absolute Gasteiger partial charge is 0.0507 e. The van der Waals surface area contributed by atoms with Crippen molar-refractivity contribution in [2.24, 2.45) is 28.7 Å². The van der Waals surface area contributed by atoms with Crippen LogP contribution in [0.4, 0.5) is 0 Å². The minimum atomic E-state index is 0.568. The van der Waals surface area contributed by atoms with Gasteiger partial charge in [-0.1, -0.05) is 13.8 Å². The molecule has 0 aromatic carbocycles. The maximum absolute atomic E-state index is 5.07. The molecule has 2 fully saturated rings. The fourth-order valence-electron chi connectivity index (χ4n) is 4.65. The molecule has 1 saturated heterocycles. The number of rotatable bonds is 0. The summed E-state index contributed by atoms with van der Waals surface area (Å²) in [5.74, 6) is 3.38. The summed E-state index contributed by atoms with van der Waals surface area (Å²) in [5.41, 5.74) is 1.58. The summed E-state index contributed by atoms with van der Waals surface area (Å²) in [6, 6.07) is 1.23. The van der Waals surface area contributed by atoms with E-state index in [0.717, 1.165) is 23.7 Å². The molecule has 2 nitrogen and oxygen atoms in total. The molecule has 2 heteroatoms. The summed E-state index contributed by atoms with van der Waals surface area (Å²) in [4.78, 5) is 7.68. The SMILES string of the molecule is CC1CCC2CCC3C(C)C(C)CN(C)C3C2=N1. The van der Waals surface area contributed by atoms with E-state index in [9.17, 15) is 0 Å². The first-order valence-corrected chi connectivity index (χ1v) is 7.85. The van der Waals surface area contributed by atoms with Gasteiger partial charge in [0.05, 0.1) is 6.04 Å². The monoisotopic (exact) mass is 248 g/mol. The molecule has 0 amide bonds. The van der Waals surface area contributed by atoms with Crippen LogP contribution >= 0.6 is 0 Å². The zero-order chi connectivity index (χ0) is 12.9. The van der Waals surface area contributed by atoms with Crippen molar-refractivity contribution in [2.45, 2.75) is 58.5 Å². The zero-order valence-electron chi connectivity index (χ0n) is 12.4. The highest BCUT2D eigenvalue weighted by atomic mass is 15.2. The first-order chi connectivity index (χ1) is 8.58. The fraction of sp³-hybridized carbons (Fsp3) is 0.938. The van der Waals surface area contributed by atoms with E-state index in [1.807, 2.05) is 0 Å². The van der Waals surface area contributed by atoms with Crippen molar-refractivity contribution >= 4 is 5.71 Å². The molecule has 3 rings (SSSR count). The largest absolute Gasteiger partial charge is 0.298 e. The number of nitrogens with zero attached hydrogens (tertiary/aromatic N) is 2. The molecule has 3 aliphatic rings. The lowest BCUT2D eigenvalue weighted by molar-refractivity contribution is 0.0474. The summed E-state index contributed by atoms with van der Waals surface area (Å²) >= 11 is 0. The topological polar surface area (TPSA) is 15.6 Å². The Morgan fingerprint density at radius 1 is 1.06 bits per heavy atom. The van der Waals surface area contributed by atoms with Gasteiger partial charge in [-0.3, -0.25) is 9.89 Å². The highest BCUT2D eigenvalue weighted by molar-refractivity contribution is 5.93. The predicted molar refractivity (Wildman–Crippen MR) is 77.1 cm³/mol. The van der Waals surface area contributed by atoms with Gasteiger partial charge in [-0.15, -0.1) is 0 Å². The van der Waals surface area contributed by atoms with Gasteiger partial charge in [0, 0.05) is 18.3 Å². The number of fused-ring (bicyclic) bond motifs is 3. The lowest BCUT2D eigenvalue weighted by atomic mass is 9.64. The molecule has 1 aliphatic carbocycles. The van der Waals surface area contributed by atoms with Gasteiger partial charge in [0.1, 0.15) is 0 Å². The van der Waals surface area contributed by atoms with Gasteiger partial charge in [0.2, 0.25) is 0 Å². The number of aliphatic imine (C=N–C) groups is 1. The molecule has 0 aromatic rings. The van der Waals surface area contributed by atoms with Crippen LogP contribution in [0.2, 0.25) is 0 Å². The minimum absolute atomic E-state index is 0.568. The molecule has 0 aromatic heterocycles. The van der Waals surface area contributed by atoms with Crippen molar-refractivity contribution in [3.05, 3.63) is 0 Å². The molecule has 18 heavy (non-hydrogen) atoms. The molecular formula is C16H28N2. The Bertz CT molecular complexity index is 349. The Morgan fingerprint density at radius 2 is 1.78 bits per heavy atom. The van der Waals surface area contributed by atoms with Crippen LogP contribution in [-0.2, 0) is 0 Å². The van der Waals surface area contributed by atoms with Crippen molar-refractivity contribution in [3.63, 3.8) is 0 Å². The van der Waals surface area contributed by atoms with Crippen molar-refractivity contribution in [2.75, 3.05) is 13.6 Å². The van der Waals surface area contributed by atoms with Gasteiger partial charge in [0.15, 0.2) is 0 Å². The molecule has 0 N–H and O–H groups in total. The van der Waals surface area contributed by atoms with Gasteiger partial charge in [0.25, 0.3) is 0 Å². The zero-order valence-corrected chi connectivity index (χ0v) is 12.4. The van der Waals surface area contributed by atoms with Crippen molar-refractivity contribution < 1.29 is 0 Å². The van der Waals surface area contributed by atoms with E-state index in [-0.39, 0.29) is 0 Å². The second kappa shape index (κ2) is 4.63. The molecule has 102 valence electrons. The standard InChI is InChI=1S/C16H28N2/c1-10-9-18(4)16-14(12(10)3)8-7-13-6-5-11(2)17-15(13)16/h10-14,16H,5-9H2,1-4H3. The molecule has 6 atom stereocenters. The molecular weight excluding hydrogens is 220 g/mol. The molecule has 0 bridgehead atoms. The summed E-state index contributed by atoms with van der Waals surface area (Å²) in [6.45, 7) is 8.45. The van der Waals surface area contributed by atoms with Crippen molar-refractivity contribution in [1.29, 1.82) is 0 Å². The number of piperidine rings is 1. The predicted octanol–water partition coefficient (Wildman–Crippen LogP) is 3.22. The summed E-state index contributed by atoms with van der Waals surface area (Å²) in [6.07, 6.45) is 5.53. The van der Waals surface area contributed by atoms with E-state index in [1.54, 1.807) is 5.71 Å². The summed E-state index contributed by atoms with van der Waals surface area (Å²) < 4.78 is 0. The molecule has 0 spiro atoms. The second-order valence-electron chi connectivity index (χ2n) is 7.14. The van der Waals surface area contributed by atoms with E-state index in [0.29, 0.717) is 12.1 Å². The number of hydrogen-bond acceptors (Lipinski definition) is 2. The van der Waals surface area contributed by atoms with Crippen molar-refractivity contribution in [3.8, 4) is 0 Å². The van der Waals surface area contributed by atoms with Gasteiger partial charge in [-0.2, -0.15) is 0 Å². The fourth-order valence-corrected chi connectivity index (χ4v) is 4.65. The van der Waals surface area contributed by atoms with E-state index in [4.69, 9.17) is 4.99 Å². The van der Waals surface area contributed by atoms with Gasteiger partial charge < -0.3 is 0 Å². The van der Waals surface area contributed by atoms with Crippen LogP contribution < -0.4 is 0 Å². The first-order valence-electron chi connectivity index (χ1n) is 7.85. The third-order valence-corrected chi connectivity index (χ3v) is 5.90. The van der Waals surface area contributed by atoms with Gasteiger partial charge >= 0.3 is 0 Å². The van der Waals surface area contributed by atoms with E-state index in [2.05, 4.69) is 32.7 Å². The lowest BCUT2D eigenvalue weighted by Crippen LogP contribution is -2.58. The Balaban J connectivity index is 1.92.